The van der Waals surface area contributed by atoms with E-state index in [1.54, 1.807) is 23.5 Å². The minimum atomic E-state index is -3.19. The van der Waals surface area contributed by atoms with Crippen LogP contribution in [0, 0.1) is 6.92 Å². The van der Waals surface area contributed by atoms with Gasteiger partial charge in [0, 0.05) is 31.4 Å². The second-order valence-electron chi connectivity index (χ2n) is 4.82. The van der Waals surface area contributed by atoms with Crippen LogP contribution in [0.25, 0.3) is 0 Å². The fraction of sp³-hybridized carbons (Fsp3) is 0.636. The van der Waals surface area contributed by atoms with E-state index in [2.05, 4.69) is 5.10 Å². The molecule has 2 heterocycles. The number of hydrogen-bond acceptors (Lipinski definition) is 6. The van der Waals surface area contributed by atoms with Crippen molar-refractivity contribution >= 4 is 44.6 Å². The lowest BCUT2D eigenvalue weighted by atomic mass is 10.2. The van der Waals surface area contributed by atoms with E-state index in [-0.39, 0.29) is 4.99 Å². The van der Waals surface area contributed by atoms with Gasteiger partial charge in [0.2, 0.25) is 0 Å². The van der Waals surface area contributed by atoms with E-state index in [1.165, 1.54) is 6.26 Å². The van der Waals surface area contributed by atoms with Crippen LogP contribution >= 0.6 is 24.0 Å². The number of nitrogens with zero attached hydrogens (tertiary/aromatic N) is 3. The highest BCUT2D eigenvalue weighted by molar-refractivity contribution is 8.01. The number of thioether (sulfide) groups is 1. The first-order valence-electron chi connectivity index (χ1n) is 6.10. The minimum absolute atomic E-state index is 0.246. The van der Waals surface area contributed by atoms with Crippen molar-refractivity contribution in [3.05, 3.63) is 11.3 Å². The van der Waals surface area contributed by atoms with Gasteiger partial charge in [-0.25, -0.2) is 8.42 Å². The van der Waals surface area contributed by atoms with Crippen LogP contribution in [-0.2, 0) is 16.9 Å². The molecular weight excluding hydrogens is 316 g/mol. The van der Waals surface area contributed by atoms with Crippen molar-refractivity contribution in [2.75, 3.05) is 29.2 Å². The number of anilines is 1. The molecule has 112 valence electrons. The third kappa shape index (κ3) is 2.79. The Morgan fingerprint density at radius 1 is 1.55 bits per heavy atom. The van der Waals surface area contributed by atoms with Crippen molar-refractivity contribution in [1.29, 1.82) is 0 Å². The van der Waals surface area contributed by atoms with Gasteiger partial charge in [0.05, 0.1) is 11.3 Å². The maximum Gasteiger partial charge on any atom is 0.169 e. The Labute approximate surface area is 128 Å². The predicted molar refractivity (Wildman–Crippen MR) is 87.1 cm³/mol. The molecule has 0 spiro atoms. The molecule has 0 bridgehead atoms. The summed E-state index contributed by atoms with van der Waals surface area (Å²) >= 11 is 6.74. The highest BCUT2D eigenvalue weighted by atomic mass is 32.2. The average Bonchev–Trinajstić information content (AvgIpc) is 2.63. The van der Waals surface area contributed by atoms with E-state index in [9.17, 15) is 8.42 Å². The zero-order valence-electron chi connectivity index (χ0n) is 11.7. The van der Waals surface area contributed by atoms with Gasteiger partial charge in [-0.15, -0.1) is 0 Å². The van der Waals surface area contributed by atoms with E-state index in [0.29, 0.717) is 23.7 Å². The zero-order chi connectivity index (χ0) is 15.1. The van der Waals surface area contributed by atoms with E-state index in [4.69, 9.17) is 18.0 Å². The quantitative estimate of drug-likeness (QED) is 0.796. The number of aromatic nitrogens is 2. The van der Waals surface area contributed by atoms with Crippen molar-refractivity contribution in [2.24, 2.45) is 12.8 Å². The van der Waals surface area contributed by atoms with Crippen LogP contribution in [0.4, 0.5) is 5.82 Å². The van der Waals surface area contributed by atoms with Crippen molar-refractivity contribution in [3.63, 3.8) is 0 Å². The lowest BCUT2D eigenvalue weighted by Gasteiger charge is -2.36. The predicted octanol–water partition coefficient (Wildman–Crippen LogP) is 0.287. The molecule has 0 aromatic carbocycles. The smallest absolute Gasteiger partial charge is 0.169 e. The summed E-state index contributed by atoms with van der Waals surface area (Å²) in [4.78, 5) is 2.11. The van der Waals surface area contributed by atoms with Gasteiger partial charge in [-0.3, -0.25) is 4.68 Å². The molecule has 2 rings (SSSR count). The van der Waals surface area contributed by atoms with Crippen LogP contribution in [0.1, 0.15) is 11.3 Å². The first kappa shape index (κ1) is 15.6. The van der Waals surface area contributed by atoms with Crippen LogP contribution in [0.15, 0.2) is 0 Å². The molecule has 1 fully saturated rings. The second kappa shape index (κ2) is 5.53. The molecule has 0 saturated carbocycles. The summed E-state index contributed by atoms with van der Waals surface area (Å²) in [5.74, 6) is 2.11. The molecule has 0 radical (unpaired) electrons. The molecule has 20 heavy (non-hydrogen) atoms. The Hall–Kier alpha value is -0.800. The topological polar surface area (TPSA) is 81.2 Å². The SMILES string of the molecule is Cc1nn(C)c(N2CCSCC2S(C)(=O)=O)c1C(N)=S. The van der Waals surface area contributed by atoms with Gasteiger partial charge in [0.25, 0.3) is 0 Å². The molecule has 1 saturated heterocycles. The Bertz CT molecular complexity index is 638. The van der Waals surface area contributed by atoms with Crippen molar-refractivity contribution in [3.8, 4) is 0 Å². The van der Waals surface area contributed by atoms with Gasteiger partial charge < -0.3 is 10.6 Å². The summed E-state index contributed by atoms with van der Waals surface area (Å²) in [5, 5.41) is 3.76. The molecule has 9 heteroatoms. The largest absolute Gasteiger partial charge is 0.389 e. The Kier molecular flexibility index (Phi) is 4.31. The monoisotopic (exact) mass is 334 g/mol. The molecule has 2 N–H and O–H groups in total. The summed E-state index contributed by atoms with van der Waals surface area (Å²) in [5.41, 5.74) is 7.18. The highest BCUT2D eigenvalue weighted by Crippen LogP contribution is 2.30. The van der Waals surface area contributed by atoms with E-state index < -0.39 is 15.2 Å². The standard InChI is InChI=1S/C11H18N4O2S3/c1-7-9(10(12)18)11(14(2)13-7)15-4-5-19-6-8(15)20(3,16)17/h8H,4-6H2,1-3H3,(H2,12,18). The second-order valence-corrected chi connectivity index (χ2v) is 8.62. The number of aryl methyl sites for hydroxylation is 2. The normalized spacial score (nSPS) is 20.1. The number of sulfone groups is 1. The van der Waals surface area contributed by atoms with Crippen molar-refractivity contribution < 1.29 is 8.42 Å². The average molecular weight is 334 g/mol. The maximum absolute atomic E-state index is 12.0. The fourth-order valence-corrected chi connectivity index (χ4v) is 5.50. The van der Waals surface area contributed by atoms with E-state index in [1.807, 2.05) is 11.8 Å². The summed E-state index contributed by atoms with van der Waals surface area (Å²) in [6, 6.07) is 0. The van der Waals surface area contributed by atoms with E-state index >= 15 is 0 Å². The van der Waals surface area contributed by atoms with Gasteiger partial charge in [0.1, 0.15) is 16.2 Å². The van der Waals surface area contributed by atoms with Crippen LogP contribution in [-0.4, -0.2) is 52.9 Å². The number of nitrogens with two attached hydrogens (primary N) is 1. The molecule has 1 aromatic heterocycles. The summed E-state index contributed by atoms with van der Waals surface area (Å²) in [6.45, 7) is 2.46. The summed E-state index contributed by atoms with van der Waals surface area (Å²) in [6.07, 6.45) is 1.26. The molecule has 0 aliphatic carbocycles. The van der Waals surface area contributed by atoms with Gasteiger partial charge in [-0.05, 0) is 6.92 Å². The Morgan fingerprint density at radius 3 is 2.75 bits per heavy atom. The Balaban J connectivity index is 2.56. The fourth-order valence-electron chi connectivity index (χ4n) is 2.44. The van der Waals surface area contributed by atoms with Gasteiger partial charge >= 0.3 is 0 Å². The molecule has 1 aliphatic heterocycles. The number of thiocarbonyl (C=S) groups is 1. The van der Waals surface area contributed by atoms with Crippen LogP contribution in [0.3, 0.4) is 0 Å². The van der Waals surface area contributed by atoms with Crippen LogP contribution in [0.2, 0.25) is 0 Å². The molecule has 1 aromatic rings. The summed E-state index contributed by atoms with van der Waals surface area (Å²) in [7, 11) is -1.41. The number of rotatable bonds is 3. The highest BCUT2D eigenvalue weighted by Gasteiger charge is 2.35. The lowest BCUT2D eigenvalue weighted by Crippen LogP contribution is -2.48. The summed E-state index contributed by atoms with van der Waals surface area (Å²) < 4.78 is 25.7. The first-order valence-corrected chi connectivity index (χ1v) is 9.62. The Morgan fingerprint density at radius 2 is 2.20 bits per heavy atom. The van der Waals surface area contributed by atoms with Crippen LogP contribution in [0.5, 0.6) is 0 Å². The van der Waals surface area contributed by atoms with Crippen molar-refractivity contribution in [1.82, 2.24) is 9.78 Å². The van der Waals surface area contributed by atoms with Gasteiger partial charge in [-0.2, -0.15) is 16.9 Å². The lowest BCUT2D eigenvalue weighted by molar-refractivity contribution is 0.581. The molecule has 6 nitrogen and oxygen atoms in total. The minimum Gasteiger partial charge on any atom is -0.389 e. The van der Waals surface area contributed by atoms with Crippen LogP contribution < -0.4 is 10.6 Å². The van der Waals surface area contributed by atoms with Crippen molar-refractivity contribution in [2.45, 2.75) is 12.3 Å². The zero-order valence-corrected chi connectivity index (χ0v) is 14.1. The third-order valence-corrected chi connectivity index (χ3v) is 6.14. The molecular formula is C11H18N4O2S3. The van der Waals surface area contributed by atoms with E-state index in [0.717, 1.165) is 11.4 Å². The maximum atomic E-state index is 12.0. The first-order chi connectivity index (χ1) is 9.23. The number of hydrogen-bond donors (Lipinski definition) is 1. The van der Waals surface area contributed by atoms with Gasteiger partial charge in [-0.1, -0.05) is 12.2 Å². The molecule has 1 unspecified atom stereocenters. The van der Waals surface area contributed by atoms with Gasteiger partial charge in [0.15, 0.2) is 9.84 Å². The molecule has 0 amide bonds. The molecule has 1 atom stereocenters. The molecule has 1 aliphatic rings. The third-order valence-electron chi connectivity index (χ3n) is 3.29.